The third-order valence-electron chi connectivity index (χ3n) is 3.75. The standard InChI is InChI=1S/C21H20N2O4S/c1-14-3-6-16(7-4-14)22-19(24)11-20-23-17(13-28-20)12-26-21(25)10-9-18-8-5-15(2)27-18/h3-10,13H,11-12H2,1-2H3,(H,22,24)/b10-9+. The maximum absolute atomic E-state index is 12.1. The van der Waals surface area contributed by atoms with Crippen molar-refractivity contribution in [2.75, 3.05) is 5.32 Å². The summed E-state index contributed by atoms with van der Waals surface area (Å²) in [6.07, 6.45) is 3.03. The van der Waals surface area contributed by atoms with E-state index in [2.05, 4.69) is 10.3 Å². The highest BCUT2D eigenvalue weighted by Crippen LogP contribution is 2.14. The van der Waals surface area contributed by atoms with Crippen LogP contribution in [0.5, 0.6) is 0 Å². The highest BCUT2D eigenvalue weighted by atomic mass is 32.1. The number of amides is 1. The molecule has 7 heteroatoms. The second kappa shape index (κ2) is 9.14. The van der Waals surface area contributed by atoms with Crippen molar-refractivity contribution in [2.45, 2.75) is 26.9 Å². The van der Waals surface area contributed by atoms with Crippen molar-refractivity contribution in [1.29, 1.82) is 0 Å². The van der Waals surface area contributed by atoms with Gasteiger partial charge in [-0.3, -0.25) is 4.79 Å². The van der Waals surface area contributed by atoms with E-state index < -0.39 is 5.97 Å². The van der Waals surface area contributed by atoms with Crippen LogP contribution in [0.15, 0.2) is 52.3 Å². The van der Waals surface area contributed by atoms with Crippen LogP contribution in [0.3, 0.4) is 0 Å². The summed E-state index contributed by atoms with van der Waals surface area (Å²) in [5.74, 6) is 0.735. The Hall–Kier alpha value is -3.19. The summed E-state index contributed by atoms with van der Waals surface area (Å²) in [4.78, 5) is 28.2. The molecular formula is C21H20N2O4S. The van der Waals surface area contributed by atoms with Gasteiger partial charge in [-0.2, -0.15) is 0 Å². The molecule has 0 aliphatic heterocycles. The molecule has 2 heterocycles. The van der Waals surface area contributed by atoms with Crippen molar-refractivity contribution in [3.05, 3.63) is 75.6 Å². The van der Waals surface area contributed by atoms with Crippen LogP contribution in [0.4, 0.5) is 5.69 Å². The summed E-state index contributed by atoms with van der Waals surface area (Å²) in [6.45, 7) is 3.87. The van der Waals surface area contributed by atoms with Crippen LogP contribution in [0, 0.1) is 13.8 Å². The molecule has 0 spiro atoms. The third kappa shape index (κ3) is 5.92. The Kier molecular flexibility index (Phi) is 6.39. The second-order valence-electron chi connectivity index (χ2n) is 6.21. The third-order valence-corrected chi connectivity index (χ3v) is 4.65. The number of carbonyl (C=O) groups is 2. The number of furan rings is 1. The molecule has 144 valence electrons. The lowest BCUT2D eigenvalue weighted by Crippen LogP contribution is -2.14. The first-order valence-electron chi connectivity index (χ1n) is 8.69. The van der Waals surface area contributed by atoms with Crippen LogP contribution < -0.4 is 5.32 Å². The van der Waals surface area contributed by atoms with Gasteiger partial charge in [0, 0.05) is 17.1 Å². The number of hydrogen-bond donors (Lipinski definition) is 1. The van der Waals surface area contributed by atoms with Crippen LogP contribution in [0.25, 0.3) is 6.08 Å². The maximum Gasteiger partial charge on any atom is 0.331 e. The topological polar surface area (TPSA) is 81.4 Å². The normalized spacial score (nSPS) is 10.9. The second-order valence-corrected chi connectivity index (χ2v) is 7.16. The number of carbonyl (C=O) groups excluding carboxylic acids is 2. The SMILES string of the molecule is Cc1ccc(NC(=O)Cc2nc(COC(=O)/C=C/c3ccc(C)o3)cs2)cc1. The maximum atomic E-state index is 12.1. The number of hydrogen-bond acceptors (Lipinski definition) is 6. The van der Waals surface area contributed by atoms with Gasteiger partial charge in [-0.15, -0.1) is 11.3 Å². The van der Waals surface area contributed by atoms with Crippen LogP contribution in [0.2, 0.25) is 0 Å². The zero-order chi connectivity index (χ0) is 19.9. The van der Waals surface area contributed by atoms with E-state index in [-0.39, 0.29) is 18.9 Å². The molecule has 6 nitrogen and oxygen atoms in total. The van der Waals surface area contributed by atoms with E-state index in [1.165, 1.54) is 17.4 Å². The Bertz CT molecular complexity index is 986. The Labute approximate surface area is 166 Å². The lowest BCUT2D eigenvalue weighted by molar-refractivity contribution is -0.139. The van der Waals surface area contributed by atoms with E-state index in [9.17, 15) is 9.59 Å². The van der Waals surface area contributed by atoms with E-state index in [4.69, 9.17) is 9.15 Å². The van der Waals surface area contributed by atoms with Gasteiger partial charge in [-0.05, 0) is 44.2 Å². The minimum Gasteiger partial charge on any atom is -0.462 e. The summed E-state index contributed by atoms with van der Waals surface area (Å²) in [6, 6.07) is 11.2. The van der Waals surface area contributed by atoms with Gasteiger partial charge in [0.25, 0.3) is 0 Å². The molecule has 28 heavy (non-hydrogen) atoms. The minimum absolute atomic E-state index is 0.0520. The summed E-state index contributed by atoms with van der Waals surface area (Å²) in [7, 11) is 0. The number of aryl methyl sites for hydroxylation is 2. The molecular weight excluding hydrogens is 376 g/mol. The minimum atomic E-state index is -0.485. The molecule has 0 unspecified atom stereocenters. The largest absolute Gasteiger partial charge is 0.462 e. The number of nitrogens with one attached hydrogen (secondary N) is 1. The van der Waals surface area contributed by atoms with Gasteiger partial charge in [0.15, 0.2) is 0 Å². The van der Waals surface area contributed by atoms with Crippen LogP contribution in [0.1, 0.15) is 27.8 Å². The van der Waals surface area contributed by atoms with Crippen molar-refractivity contribution < 1.29 is 18.7 Å². The van der Waals surface area contributed by atoms with Gasteiger partial charge in [-0.25, -0.2) is 9.78 Å². The molecule has 1 N–H and O–H groups in total. The number of nitrogens with zero attached hydrogens (tertiary/aromatic N) is 1. The molecule has 0 radical (unpaired) electrons. The molecule has 3 aromatic rings. The van der Waals surface area contributed by atoms with Crippen LogP contribution >= 0.6 is 11.3 Å². The van der Waals surface area contributed by atoms with Crippen LogP contribution in [-0.4, -0.2) is 16.9 Å². The first-order valence-corrected chi connectivity index (χ1v) is 9.57. The summed E-state index contributed by atoms with van der Waals surface area (Å²) in [5.41, 5.74) is 2.49. The number of esters is 1. The fraction of sp³-hybridized carbons (Fsp3) is 0.190. The monoisotopic (exact) mass is 396 g/mol. The Morgan fingerprint density at radius 1 is 1.18 bits per heavy atom. The van der Waals surface area contributed by atoms with Gasteiger partial charge >= 0.3 is 5.97 Å². The van der Waals surface area contributed by atoms with Gasteiger partial charge < -0.3 is 14.5 Å². The van der Waals surface area contributed by atoms with E-state index in [0.29, 0.717) is 16.5 Å². The molecule has 0 aliphatic rings. The molecule has 0 atom stereocenters. The molecule has 0 bridgehead atoms. The van der Waals surface area contributed by atoms with E-state index in [0.717, 1.165) is 17.0 Å². The average molecular weight is 396 g/mol. The molecule has 1 aromatic carbocycles. The lowest BCUT2D eigenvalue weighted by Gasteiger charge is -2.04. The quantitative estimate of drug-likeness (QED) is 0.476. The molecule has 1 amide bonds. The molecule has 0 saturated heterocycles. The Balaban J connectivity index is 1.45. The van der Waals surface area contributed by atoms with Gasteiger partial charge in [-0.1, -0.05) is 17.7 Å². The number of benzene rings is 1. The van der Waals surface area contributed by atoms with Crippen molar-refractivity contribution in [1.82, 2.24) is 4.98 Å². The summed E-state index contributed by atoms with van der Waals surface area (Å²) >= 11 is 1.36. The van der Waals surface area contributed by atoms with E-state index >= 15 is 0 Å². The molecule has 3 rings (SSSR count). The molecule has 0 aliphatic carbocycles. The fourth-order valence-electron chi connectivity index (χ4n) is 2.36. The Morgan fingerprint density at radius 2 is 1.96 bits per heavy atom. The molecule has 0 fully saturated rings. The summed E-state index contributed by atoms with van der Waals surface area (Å²) < 4.78 is 10.5. The molecule has 2 aromatic heterocycles. The highest BCUT2D eigenvalue weighted by molar-refractivity contribution is 7.09. The van der Waals surface area contributed by atoms with E-state index in [1.54, 1.807) is 17.5 Å². The van der Waals surface area contributed by atoms with E-state index in [1.807, 2.05) is 44.2 Å². The zero-order valence-corrected chi connectivity index (χ0v) is 16.4. The number of aromatic nitrogens is 1. The molecule has 0 saturated carbocycles. The van der Waals surface area contributed by atoms with Crippen molar-refractivity contribution in [3.63, 3.8) is 0 Å². The summed E-state index contributed by atoms with van der Waals surface area (Å²) in [5, 5.41) is 5.28. The predicted molar refractivity (Wildman–Crippen MR) is 108 cm³/mol. The highest BCUT2D eigenvalue weighted by Gasteiger charge is 2.10. The predicted octanol–water partition coefficient (Wildman–Crippen LogP) is 4.29. The zero-order valence-electron chi connectivity index (χ0n) is 15.6. The van der Waals surface area contributed by atoms with Crippen LogP contribution in [-0.2, 0) is 27.4 Å². The van der Waals surface area contributed by atoms with Crippen molar-refractivity contribution >= 4 is 35.0 Å². The average Bonchev–Trinajstić information content (AvgIpc) is 3.29. The lowest BCUT2D eigenvalue weighted by atomic mass is 10.2. The number of rotatable bonds is 7. The first kappa shape index (κ1) is 19.6. The van der Waals surface area contributed by atoms with Gasteiger partial charge in [0.1, 0.15) is 23.1 Å². The number of thiazole rings is 1. The number of ether oxygens (including phenoxy) is 1. The number of anilines is 1. The Morgan fingerprint density at radius 3 is 2.68 bits per heavy atom. The van der Waals surface area contributed by atoms with Crippen molar-refractivity contribution in [3.8, 4) is 0 Å². The smallest absolute Gasteiger partial charge is 0.331 e. The first-order chi connectivity index (χ1) is 13.5. The van der Waals surface area contributed by atoms with Crippen molar-refractivity contribution in [2.24, 2.45) is 0 Å². The fourth-order valence-corrected chi connectivity index (χ4v) is 3.14. The van der Waals surface area contributed by atoms with Gasteiger partial charge in [0.05, 0.1) is 12.1 Å². The van der Waals surface area contributed by atoms with Gasteiger partial charge in [0.2, 0.25) is 5.91 Å².